The normalized spacial score (nSPS) is 14.8. The molecule has 2 heterocycles. The van der Waals surface area contributed by atoms with Crippen molar-refractivity contribution in [3.63, 3.8) is 0 Å². The van der Waals surface area contributed by atoms with E-state index in [9.17, 15) is 26.4 Å². The molecule has 1 saturated heterocycles. The van der Waals surface area contributed by atoms with Gasteiger partial charge in [-0.3, -0.25) is 4.68 Å². The first-order valence-corrected chi connectivity index (χ1v) is 11.0. The number of aromatic nitrogens is 2. The molecule has 16 heteroatoms. The second-order valence-electron chi connectivity index (χ2n) is 6.80. The molecule has 1 aliphatic heterocycles. The third kappa shape index (κ3) is 7.93. The maximum absolute atomic E-state index is 13.0. The number of urea groups is 1. The van der Waals surface area contributed by atoms with E-state index in [2.05, 4.69) is 15.2 Å². The van der Waals surface area contributed by atoms with Gasteiger partial charge in [0.15, 0.2) is 0 Å². The van der Waals surface area contributed by atoms with Crippen molar-refractivity contribution in [3.8, 4) is 5.75 Å². The fourth-order valence-corrected chi connectivity index (χ4v) is 4.72. The van der Waals surface area contributed by atoms with Gasteiger partial charge in [0, 0.05) is 43.2 Å². The summed E-state index contributed by atoms with van der Waals surface area (Å²) in [5.41, 5.74) is 0.0340. The van der Waals surface area contributed by atoms with Crippen molar-refractivity contribution >= 4 is 39.2 Å². The molecule has 1 fully saturated rings. The SMILES string of the molecule is Cn1cc(N(C2CCOCC2)S(=O)(=O)NC(=O)Nc2cc(Cl)cc(OC(F)(F)F)c2)cn1.[H-].[Na+]. The Hall–Kier alpha value is -1.71. The second-order valence-corrected chi connectivity index (χ2v) is 8.78. The zero-order valence-corrected chi connectivity index (χ0v) is 21.2. The molecule has 0 radical (unpaired) electrons. The van der Waals surface area contributed by atoms with Crippen LogP contribution in [0, 0.1) is 0 Å². The zero-order chi connectivity index (χ0) is 23.5. The maximum atomic E-state index is 13.0. The van der Waals surface area contributed by atoms with Gasteiger partial charge in [-0.25, -0.2) is 13.8 Å². The van der Waals surface area contributed by atoms with Gasteiger partial charge in [-0.15, -0.1) is 13.2 Å². The number of ether oxygens (including phenoxy) is 2. The molecule has 10 nitrogen and oxygen atoms in total. The van der Waals surface area contributed by atoms with E-state index in [0.29, 0.717) is 26.1 Å². The van der Waals surface area contributed by atoms with Crippen LogP contribution in [0.2, 0.25) is 5.02 Å². The minimum Gasteiger partial charge on any atom is -1.00 e. The van der Waals surface area contributed by atoms with Gasteiger partial charge in [-0.1, -0.05) is 11.6 Å². The third-order valence-electron chi connectivity index (χ3n) is 4.31. The van der Waals surface area contributed by atoms with Crippen LogP contribution in [0.4, 0.5) is 29.3 Å². The van der Waals surface area contributed by atoms with E-state index in [1.165, 1.54) is 17.1 Å². The van der Waals surface area contributed by atoms with E-state index in [4.69, 9.17) is 16.3 Å². The van der Waals surface area contributed by atoms with Gasteiger partial charge in [-0.05, 0) is 25.0 Å². The summed E-state index contributed by atoms with van der Waals surface area (Å²) in [6.07, 6.45) is -1.37. The van der Waals surface area contributed by atoms with E-state index in [-0.39, 0.29) is 47.4 Å². The number of hydrogen-bond acceptors (Lipinski definition) is 6. The van der Waals surface area contributed by atoms with E-state index < -0.39 is 34.4 Å². The third-order valence-corrected chi connectivity index (χ3v) is 6.00. The largest absolute Gasteiger partial charge is 1.00 e. The molecule has 0 bridgehead atoms. The zero-order valence-electron chi connectivity index (χ0n) is 18.6. The number of rotatable bonds is 6. The molecule has 178 valence electrons. The fourth-order valence-electron chi connectivity index (χ4n) is 3.14. The number of aryl methyl sites for hydroxylation is 1. The average molecular weight is 522 g/mol. The van der Waals surface area contributed by atoms with Gasteiger partial charge in [0.1, 0.15) is 5.75 Å². The van der Waals surface area contributed by atoms with Crippen LogP contribution in [-0.2, 0) is 22.0 Å². The Morgan fingerprint density at radius 1 is 1.33 bits per heavy atom. The fraction of sp³-hybridized carbons (Fsp3) is 0.412. The van der Waals surface area contributed by atoms with Crippen molar-refractivity contribution in [3.05, 3.63) is 35.6 Å². The van der Waals surface area contributed by atoms with E-state index >= 15 is 0 Å². The summed E-state index contributed by atoms with van der Waals surface area (Å²) >= 11 is 5.76. The van der Waals surface area contributed by atoms with Crippen LogP contribution in [0.15, 0.2) is 30.6 Å². The Morgan fingerprint density at radius 3 is 2.58 bits per heavy atom. The summed E-state index contributed by atoms with van der Waals surface area (Å²) in [5.74, 6) is -0.678. The minimum absolute atomic E-state index is 0. The summed E-state index contributed by atoms with van der Waals surface area (Å²) in [7, 11) is -2.80. The molecule has 2 amide bonds. The summed E-state index contributed by atoms with van der Waals surface area (Å²) in [4.78, 5) is 12.4. The van der Waals surface area contributed by atoms with Crippen LogP contribution in [0.5, 0.6) is 5.75 Å². The van der Waals surface area contributed by atoms with Gasteiger partial charge < -0.3 is 16.2 Å². The number of nitrogens with zero attached hydrogens (tertiary/aromatic N) is 3. The molecule has 1 aliphatic rings. The number of amides is 2. The summed E-state index contributed by atoms with van der Waals surface area (Å²) in [6.45, 7) is 0.682. The van der Waals surface area contributed by atoms with Gasteiger partial charge in [0.2, 0.25) is 0 Å². The molecule has 1 aromatic carbocycles. The molecule has 0 unspecified atom stereocenters. The average Bonchev–Trinajstić information content (AvgIpc) is 3.05. The first kappa shape index (κ1) is 27.5. The molecule has 2 aromatic rings. The summed E-state index contributed by atoms with van der Waals surface area (Å²) < 4.78 is 76.8. The maximum Gasteiger partial charge on any atom is 1.00 e. The molecule has 0 saturated carbocycles. The first-order chi connectivity index (χ1) is 14.9. The Labute approximate surface area is 216 Å². The van der Waals surface area contributed by atoms with E-state index in [1.807, 2.05) is 4.72 Å². The van der Waals surface area contributed by atoms with Crippen molar-refractivity contribution in [1.82, 2.24) is 14.5 Å². The molecule has 0 spiro atoms. The van der Waals surface area contributed by atoms with Crippen LogP contribution in [-0.4, -0.2) is 49.8 Å². The van der Waals surface area contributed by atoms with Crippen LogP contribution < -0.4 is 48.6 Å². The standard InChI is InChI=1S/C17H19ClF3N5O5S.Na.H/c1-25-10-14(9-22-25)26(13-2-4-30-5-3-13)32(28,29)24-16(27)23-12-6-11(18)7-15(8-12)31-17(19,20)21;;/h6-10,13H,2-5H2,1H3,(H2,23,24,27);;/q;+1;-1. The van der Waals surface area contributed by atoms with Crippen molar-refractivity contribution < 1.29 is 66.8 Å². The molecule has 3 rings (SSSR count). The summed E-state index contributed by atoms with van der Waals surface area (Å²) in [5, 5.41) is 5.96. The Morgan fingerprint density at radius 2 is 2.00 bits per heavy atom. The van der Waals surface area contributed by atoms with Crippen molar-refractivity contribution in [2.24, 2.45) is 7.05 Å². The van der Waals surface area contributed by atoms with Crippen LogP contribution in [0.3, 0.4) is 0 Å². The predicted octanol–water partition coefficient (Wildman–Crippen LogP) is 0.141. The molecule has 2 N–H and O–H groups in total. The molecule has 0 atom stereocenters. The number of nitrogens with one attached hydrogen (secondary N) is 2. The molecule has 1 aromatic heterocycles. The van der Waals surface area contributed by atoms with Crippen molar-refractivity contribution in [1.29, 1.82) is 0 Å². The number of halogens is 4. The van der Waals surface area contributed by atoms with E-state index in [0.717, 1.165) is 22.5 Å². The monoisotopic (exact) mass is 521 g/mol. The Balaban J connectivity index is 0.00000289. The number of alkyl halides is 3. The molecule has 33 heavy (non-hydrogen) atoms. The molecular weight excluding hydrogens is 502 g/mol. The van der Waals surface area contributed by atoms with E-state index in [1.54, 1.807) is 7.05 Å². The van der Waals surface area contributed by atoms with Gasteiger partial charge >= 0.3 is 52.2 Å². The number of hydrogen-bond donors (Lipinski definition) is 2. The van der Waals surface area contributed by atoms with Gasteiger partial charge in [-0.2, -0.15) is 13.5 Å². The minimum atomic E-state index is -4.97. The van der Waals surface area contributed by atoms with Gasteiger partial charge in [0.25, 0.3) is 0 Å². The van der Waals surface area contributed by atoms with Crippen molar-refractivity contribution in [2.45, 2.75) is 25.2 Å². The van der Waals surface area contributed by atoms with Crippen LogP contribution in [0.25, 0.3) is 0 Å². The number of benzene rings is 1. The molecular formula is C17H20ClF3N5NaO5S. The Kier molecular flexibility index (Phi) is 9.30. The number of carbonyl (C=O) groups excluding carboxylic acids is 1. The smallest absolute Gasteiger partial charge is 1.00 e. The first-order valence-electron chi connectivity index (χ1n) is 9.19. The number of carbonyl (C=O) groups is 1. The Bertz CT molecular complexity index is 1090. The molecule has 0 aliphatic carbocycles. The number of anilines is 2. The van der Waals surface area contributed by atoms with Crippen LogP contribution in [0.1, 0.15) is 14.3 Å². The van der Waals surface area contributed by atoms with Gasteiger partial charge in [0.05, 0.1) is 17.9 Å². The quantitative estimate of drug-likeness (QED) is 0.523. The van der Waals surface area contributed by atoms with Crippen molar-refractivity contribution in [2.75, 3.05) is 22.8 Å². The van der Waals surface area contributed by atoms with Crippen LogP contribution >= 0.6 is 11.6 Å². The summed E-state index contributed by atoms with van der Waals surface area (Å²) in [6, 6.07) is 1.18. The predicted molar refractivity (Wildman–Crippen MR) is 110 cm³/mol. The second kappa shape index (κ2) is 11.1. The topological polar surface area (TPSA) is 115 Å².